The fourth-order valence-corrected chi connectivity index (χ4v) is 3.86. The second kappa shape index (κ2) is 9.87. The van der Waals surface area contributed by atoms with Crippen LogP contribution in [-0.2, 0) is 15.0 Å². The summed E-state index contributed by atoms with van der Waals surface area (Å²) in [5.41, 5.74) is 2.68. The molecule has 3 heteroatoms. The summed E-state index contributed by atoms with van der Waals surface area (Å²) in [6, 6.07) is 8.69. The highest BCUT2D eigenvalue weighted by Gasteiger charge is 2.32. The van der Waals surface area contributed by atoms with E-state index in [0.29, 0.717) is 18.1 Å². The Balaban J connectivity index is 1.84. The smallest absolute Gasteiger partial charge is 0.303 e. The first-order chi connectivity index (χ1) is 12.8. The Labute approximate surface area is 163 Å². The van der Waals surface area contributed by atoms with Crippen LogP contribution in [0, 0.1) is 11.8 Å². The molecule has 0 radical (unpaired) electrons. The molecular formula is C24H34O3. The molecule has 2 rings (SSSR count). The van der Waals surface area contributed by atoms with Crippen LogP contribution in [0.25, 0.3) is 6.08 Å². The molecular weight excluding hydrogens is 336 g/mol. The quantitative estimate of drug-likeness (QED) is 0.541. The average Bonchev–Trinajstić information content (AvgIpc) is 2.95. The maximum Gasteiger partial charge on any atom is 0.303 e. The number of allylic oxidation sites excluding steroid dienone is 1. The first-order valence-corrected chi connectivity index (χ1v) is 10.3. The van der Waals surface area contributed by atoms with Crippen LogP contribution in [0.4, 0.5) is 0 Å². The third-order valence-corrected chi connectivity index (χ3v) is 5.62. The average molecular weight is 371 g/mol. The van der Waals surface area contributed by atoms with E-state index in [4.69, 9.17) is 5.11 Å². The van der Waals surface area contributed by atoms with Crippen molar-refractivity contribution in [3.8, 4) is 0 Å². The lowest BCUT2D eigenvalue weighted by Crippen LogP contribution is -2.13. The number of Topliss-reactive ketones (excluding diaryl/α,β-unsaturated/α-hetero) is 1. The Kier molecular flexibility index (Phi) is 7.82. The monoisotopic (exact) mass is 370 g/mol. The van der Waals surface area contributed by atoms with Gasteiger partial charge in [0.25, 0.3) is 0 Å². The van der Waals surface area contributed by atoms with E-state index < -0.39 is 5.97 Å². The summed E-state index contributed by atoms with van der Waals surface area (Å²) in [5.74, 6) is 0.174. The maximum atomic E-state index is 12.2. The van der Waals surface area contributed by atoms with Crippen LogP contribution in [0.15, 0.2) is 30.3 Å². The molecule has 1 aromatic carbocycles. The molecule has 1 aliphatic rings. The molecule has 0 heterocycles. The van der Waals surface area contributed by atoms with Crippen LogP contribution >= 0.6 is 0 Å². The third-order valence-electron chi connectivity index (χ3n) is 5.62. The Hall–Kier alpha value is -1.90. The first-order valence-electron chi connectivity index (χ1n) is 10.3. The summed E-state index contributed by atoms with van der Waals surface area (Å²) in [7, 11) is 0. The number of rotatable bonds is 9. The van der Waals surface area contributed by atoms with E-state index in [9.17, 15) is 9.59 Å². The lowest BCUT2D eigenvalue weighted by Gasteiger charge is -2.19. The number of carboxylic acid groups (broad SMARTS) is 1. The summed E-state index contributed by atoms with van der Waals surface area (Å²) in [6.07, 6.45) is 10.9. The molecule has 2 unspecified atom stereocenters. The van der Waals surface area contributed by atoms with Crippen molar-refractivity contribution in [2.75, 3.05) is 0 Å². The topological polar surface area (TPSA) is 54.4 Å². The standard InChI is InChI=1S/C24H34O3/c1-24(2,3)20-15-11-18(12-16-20)10-13-19-14-17-22(25)21(19)8-6-4-5-7-9-23(26)27/h10-13,15-16,19,21H,4-9,14,17H2,1-3H3,(H,26,27)/b13-10+. The van der Waals surface area contributed by atoms with Gasteiger partial charge in [0.2, 0.25) is 0 Å². The normalized spacial score (nSPS) is 20.5. The first kappa shape index (κ1) is 21.4. The van der Waals surface area contributed by atoms with E-state index in [1.54, 1.807) is 0 Å². The molecule has 1 N–H and O–H groups in total. The lowest BCUT2D eigenvalue weighted by atomic mass is 9.86. The van der Waals surface area contributed by atoms with Gasteiger partial charge in [-0.25, -0.2) is 0 Å². The Morgan fingerprint density at radius 2 is 1.78 bits per heavy atom. The number of benzene rings is 1. The lowest BCUT2D eigenvalue weighted by molar-refractivity contribution is -0.137. The minimum absolute atomic E-state index is 0.148. The molecule has 0 amide bonds. The van der Waals surface area contributed by atoms with Gasteiger partial charge in [-0.05, 0) is 41.7 Å². The molecule has 3 nitrogen and oxygen atoms in total. The van der Waals surface area contributed by atoms with Crippen LogP contribution in [0.5, 0.6) is 0 Å². The number of aliphatic carboxylic acids is 1. The highest BCUT2D eigenvalue weighted by Crippen LogP contribution is 2.34. The SMILES string of the molecule is CC(C)(C)c1ccc(/C=C/C2CCC(=O)C2CCCCCCC(=O)O)cc1. The summed E-state index contributed by atoms with van der Waals surface area (Å²) in [6.45, 7) is 6.65. The summed E-state index contributed by atoms with van der Waals surface area (Å²) >= 11 is 0. The third kappa shape index (κ3) is 6.97. The number of ketones is 1. The summed E-state index contributed by atoms with van der Waals surface area (Å²) in [5, 5.41) is 8.67. The van der Waals surface area contributed by atoms with Crippen LogP contribution < -0.4 is 0 Å². The van der Waals surface area contributed by atoms with Gasteiger partial charge in [0.05, 0.1) is 0 Å². The Morgan fingerprint density at radius 1 is 1.11 bits per heavy atom. The molecule has 0 spiro atoms. The van der Waals surface area contributed by atoms with Gasteiger partial charge in [-0.15, -0.1) is 0 Å². The molecule has 0 aromatic heterocycles. The van der Waals surface area contributed by atoms with Gasteiger partial charge >= 0.3 is 5.97 Å². The Morgan fingerprint density at radius 3 is 2.41 bits per heavy atom. The summed E-state index contributed by atoms with van der Waals surface area (Å²) < 4.78 is 0. The van der Waals surface area contributed by atoms with E-state index in [2.05, 4.69) is 57.2 Å². The van der Waals surface area contributed by atoms with Crippen molar-refractivity contribution in [3.63, 3.8) is 0 Å². The van der Waals surface area contributed by atoms with E-state index in [1.807, 2.05) is 0 Å². The largest absolute Gasteiger partial charge is 0.481 e. The van der Waals surface area contributed by atoms with E-state index in [1.165, 1.54) is 11.1 Å². The number of unbranched alkanes of at least 4 members (excludes halogenated alkanes) is 3. The fourth-order valence-electron chi connectivity index (χ4n) is 3.86. The van der Waals surface area contributed by atoms with Crippen LogP contribution in [0.2, 0.25) is 0 Å². The number of carbonyl (C=O) groups excluding carboxylic acids is 1. The number of carboxylic acids is 1. The predicted octanol–water partition coefficient (Wildman–Crippen LogP) is 6.02. The van der Waals surface area contributed by atoms with Crippen molar-refractivity contribution >= 4 is 17.8 Å². The van der Waals surface area contributed by atoms with E-state index in [0.717, 1.165) is 38.5 Å². The molecule has 0 bridgehead atoms. The van der Waals surface area contributed by atoms with Gasteiger partial charge in [0.1, 0.15) is 5.78 Å². The van der Waals surface area contributed by atoms with E-state index >= 15 is 0 Å². The minimum atomic E-state index is -0.721. The van der Waals surface area contributed by atoms with Gasteiger partial charge in [-0.2, -0.15) is 0 Å². The maximum absolute atomic E-state index is 12.2. The van der Waals surface area contributed by atoms with Crippen molar-refractivity contribution in [2.24, 2.45) is 11.8 Å². The minimum Gasteiger partial charge on any atom is -0.481 e. The fraction of sp³-hybridized carbons (Fsp3) is 0.583. The number of carbonyl (C=O) groups is 2. The van der Waals surface area contributed by atoms with Crippen molar-refractivity contribution in [2.45, 2.75) is 77.6 Å². The summed E-state index contributed by atoms with van der Waals surface area (Å²) in [4.78, 5) is 22.8. The van der Waals surface area contributed by atoms with Crippen molar-refractivity contribution in [1.82, 2.24) is 0 Å². The second-order valence-corrected chi connectivity index (χ2v) is 8.85. The number of hydrogen-bond acceptors (Lipinski definition) is 2. The predicted molar refractivity (Wildman–Crippen MR) is 111 cm³/mol. The molecule has 1 saturated carbocycles. The molecule has 0 saturated heterocycles. The molecule has 1 aromatic rings. The van der Waals surface area contributed by atoms with Gasteiger partial charge in [-0.3, -0.25) is 9.59 Å². The zero-order valence-corrected chi connectivity index (χ0v) is 17.0. The molecule has 0 aliphatic heterocycles. The van der Waals surface area contributed by atoms with Crippen LogP contribution in [0.1, 0.15) is 83.3 Å². The van der Waals surface area contributed by atoms with Crippen LogP contribution in [0.3, 0.4) is 0 Å². The zero-order valence-electron chi connectivity index (χ0n) is 17.0. The molecule has 1 aliphatic carbocycles. The molecule has 27 heavy (non-hydrogen) atoms. The van der Waals surface area contributed by atoms with Gasteiger partial charge < -0.3 is 5.11 Å². The van der Waals surface area contributed by atoms with Crippen molar-refractivity contribution < 1.29 is 14.7 Å². The molecule has 1 fully saturated rings. The van der Waals surface area contributed by atoms with Crippen molar-refractivity contribution in [1.29, 1.82) is 0 Å². The van der Waals surface area contributed by atoms with Gasteiger partial charge in [-0.1, -0.05) is 76.5 Å². The molecule has 2 atom stereocenters. The highest BCUT2D eigenvalue weighted by atomic mass is 16.4. The highest BCUT2D eigenvalue weighted by molar-refractivity contribution is 5.84. The Bertz CT molecular complexity index is 649. The van der Waals surface area contributed by atoms with Gasteiger partial charge in [0, 0.05) is 18.8 Å². The second-order valence-electron chi connectivity index (χ2n) is 8.85. The van der Waals surface area contributed by atoms with E-state index in [-0.39, 0.29) is 17.8 Å². The molecule has 148 valence electrons. The number of hydrogen-bond donors (Lipinski definition) is 1. The zero-order chi connectivity index (χ0) is 19.9. The van der Waals surface area contributed by atoms with Crippen LogP contribution in [-0.4, -0.2) is 16.9 Å². The van der Waals surface area contributed by atoms with Crippen molar-refractivity contribution in [3.05, 3.63) is 41.5 Å². The van der Waals surface area contributed by atoms with Gasteiger partial charge in [0.15, 0.2) is 0 Å².